The third-order valence-corrected chi connectivity index (χ3v) is 10.6. The zero-order chi connectivity index (χ0) is 44.9. The normalized spacial score (nSPS) is 13.3. The van der Waals surface area contributed by atoms with Crippen molar-refractivity contribution in [2.75, 3.05) is 47.5 Å². The van der Waals surface area contributed by atoms with Crippen molar-refractivity contribution < 1.29 is 42.9 Å². The van der Waals surface area contributed by atoms with E-state index in [-0.39, 0.29) is 32.2 Å². The van der Waals surface area contributed by atoms with Crippen molar-refractivity contribution in [1.82, 2.24) is 0 Å². The van der Waals surface area contributed by atoms with E-state index in [9.17, 15) is 19.5 Å². The fraction of sp³-hybridized carbons (Fsp3) is 0.788. The molecule has 0 radical (unpaired) electrons. The summed E-state index contributed by atoms with van der Waals surface area (Å²) in [6.07, 6.45) is 49.0. The quantitative estimate of drug-likeness (QED) is 0.0212. The summed E-state index contributed by atoms with van der Waals surface area (Å²) in [5.74, 6) is -2.01. The van der Waals surface area contributed by atoms with Crippen LogP contribution < -0.4 is 0 Å². The largest absolute Gasteiger partial charge is 0.477 e. The SMILES string of the molecule is CC/C=C\C/C=C\C/C=C\C/C=C\CCCCCCCCCCCCCCCCC(=O)OC(COC(=O)CCCCCCCCCCC)COC(OCC[N+](C)(C)C)C(=O)O. The molecule has 0 amide bonds. The van der Waals surface area contributed by atoms with Crippen LogP contribution in [0, 0.1) is 0 Å². The van der Waals surface area contributed by atoms with Crippen LogP contribution in [0.4, 0.5) is 0 Å². The first-order valence-electron chi connectivity index (χ1n) is 24.8. The molecule has 0 aliphatic heterocycles. The Morgan fingerprint density at radius 2 is 0.934 bits per heavy atom. The first kappa shape index (κ1) is 58.2. The Labute approximate surface area is 374 Å². The van der Waals surface area contributed by atoms with Gasteiger partial charge in [-0.2, -0.15) is 0 Å². The van der Waals surface area contributed by atoms with Gasteiger partial charge in [0.1, 0.15) is 13.2 Å². The molecule has 0 aromatic carbocycles. The van der Waals surface area contributed by atoms with Gasteiger partial charge in [0.15, 0.2) is 6.10 Å². The second-order valence-electron chi connectivity index (χ2n) is 17.8. The minimum absolute atomic E-state index is 0.180. The number of unbranched alkanes of at least 4 members (excludes halogenated alkanes) is 22. The molecule has 2 unspecified atom stereocenters. The van der Waals surface area contributed by atoms with Gasteiger partial charge in [-0.05, 0) is 51.4 Å². The molecule has 0 saturated carbocycles. The van der Waals surface area contributed by atoms with Gasteiger partial charge in [-0.1, -0.05) is 191 Å². The molecule has 0 spiro atoms. The van der Waals surface area contributed by atoms with E-state index in [0.29, 0.717) is 17.4 Å². The molecule has 0 aromatic heterocycles. The molecule has 0 fully saturated rings. The fourth-order valence-corrected chi connectivity index (χ4v) is 6.77. The summed E-state index contributed by atoms with van der Waals surface area (Å²) in [7, 11) is 5.96. The van der Waals surface area contributed by atoms with Crippen LogP contribution in [0.1, 0.15) is 206 Å². The van der Waals surface area contributed by atoms with Gasteiger partial charge in [0.2, 0.25) is 0 Å². The smallest absolute Gasteiger partial charge is 0.361 e. The van der Waals surface area contributed by atoms with Gasteiger partial charge in [0, 0.05) is 12.8 Å². The van der Waals surface area contributed by atoms with Crippen molar-refractivity contribution in [3.8, 4) is 0 Å². The highest BCUT2D eigenvalue weighted by molar-refractivity contribution is 5.71. The van der Waals surface area contributed by atoms with E-state index in [1.807, 2.05) is 21.1 Å². The van der Waals surface area contributed by atoms with Gasteiger partial charge in [0.05, 0.1) is 34.4 Å². The molecular formula is C52H94NO8+. The second kappa shape index (κ2) is 43.9. The third-order valence-electron chi connectivity index (χ3n) is 10.6. The van der Waals surface area contributed by atoms with E-state index in [1.165, 1.54) is 116 Å². The van der Waals surface area contributed by atoms with E-state index < -0.39 is 24.3 Å². The summed E-state index contributed by atoms with van der Waals surface area (Å²) in [5, 5.41) is 9.63. The Morgan fingerprint density at radius 3 is 1.39 bits per heavy atom. The lowest BCUT2D eigenvalue weighted by atomic mass is 10.0. The maximum absolute atomic E-state index is 12.8. The molecule has 354 valence electrons. The van der Waals surface area contributed by atoms with E-state index >= 15 is 0 Å². The summed E-state index contributed by atoms with van der Waals surface area (Å²) < 4.78 is 22.7. The number of likely N-dealkylation sites (N-methyl/N-ethyl adjacent to an activating group) is 1. The van der Waals surface area contributed by atoms with Gasteiger partial charge in [-0.25, -0.2) is 4.79 Å². The molecule has 0 aliphatic rings. The number of rotatable bonds is 45. The molecule has 0 bridgehead atoms. The highest BCUT2D eigenvalue weighted by Crippen LogP contribution is 2.15. The van der Waals surface area contributed by atoms with Crippen molar-refractivity contribution in [2.24, 2.45) is 0 Å². The highest BCUT2D eigenvalue weighted by Gasteiger charge is 2.25. The third kappa shape index (κ3) is 45.1. The summed E-state index contributed by atoms with van der Waals surface area (Å²) in [4.78, 5) is 37.1. The minimum Gasteiger partial charge on any atom is -0.477 e. The zero-order valence-electron chi connectivity index (χ0n) is 40.1. The summed E-state index contributed by atoms with van der Waals surface area (Å²) >= 11 is 0. The highest BCUT2D eigenvalue weighted by atomic mass is 16.7. The van der Waals surface area contributed by atoms with Crippen molar-refractivity contribution in [3.05, 3.63) is 48.6 Å². The monoisotopic (exact) mass is 861 g/mol. The number of allylic oxidation sites excluding steroid dienone is 8. The van der Waals surface area contributed by atoms with Crippen LogP contribution >= 0.6 is 0 Å². The van der Waals surface area contributed by atoms with Gasteiger partial charge in [0.25, 0.3) is 6.29 Å². The maximum Gasteiger partial charge on any atom is 0.361 e. The second-order valence-corrected chi connectivity index (χ2v) is 17.8. The number of hydrogen-bond donors (Lipinski definition) is 1. The lowest BCUT2D eigenvalue weighted by molar-refractivity contribution is -0.870. The number of carbonyl (C=O) groups is 3. The standard InChI is InChI=1S/C52H93NO8/c1-6-8-10-12-14-16-17-18-19-20-21-22-23-24-25-26-27-28-29-30-31-32-33-35-37-39-41-43-50(55)61-48(47-60-52(51(56)57)58-45-44-53(3,4)5)46-59-49(54)42-40-38-36-34-15-13-11-9-7-2/h8,10,14,16,18-19,21-22,48,52H,6-7,9,11-13,15,17,20,23-47H2,1-5H3/p+1/b10-8-,16-14-,19-18-,22-21-. The van der Waals surface area contributed by atoms with Crippen LogP contribution in [0.3, 0.4) is 0 Å². The number of nitrogens with zero attached hydrogens (tertiary/aromatic N) is 1. The number of hydrogen-bond acceptors (Lipinski definition) is 7. The van der Waals surface area contributed by atoms with E-state index in [1.54, 1.807) is 0 Å². The van der Waals surface area contributed by atoms with Gasteiger partial charge < -0.3 is 28.5 Å². The van der Waals surface area contributed by atoms with Crippen LogP contribution in [0.2, 0.25) is 0 Å². The van der Waals surface area contributed by atoms with Gasteiger partial charge >= 0.3 is 17.9 Å². The topological polar surface area (TPSA) is 108 Å². The zero-order valence-corrected chi connectivity index (χ0v) is 40.1. The number of aliphatic carboxylic acids is 1. The summed E-state index contributed by atoms with van der Waals surface area (Å²) in [6.45, 7) is 4.74. The molecule has 0 aromatic rings. The van der Waals surface area contributed by atoms with E-state index in [4.69, 9.17) is 18.9 Å². The molecule has 0 aliphatic carbocycles. The van der Waals surface area contributed by atoms with Crippen LogP contribution in [-0.4, -0.2) is 87.4 Å². The summed E-state index contributed by atoms with van der Waals surface area (Å²) in [6, 6.07) is 0. The maximum atomic E-state index is 12.8. The molecule has 9 heteroatoms. The molecule has 2 atom stereocenters. The number of esters is 2. The molecule has 0 heterocycles. The lowest BCUT2D eigenvalue weighted by Crippen LogP contribution is -2.40. The van der Waals surface area contributed by atoms with Crippen LogP contribution in [0.5, 0.6) is 0 Å². The van der Waals surface area contributed by atoms with Crippen LogP contribution in [-0.2, 0) is 33.3 Å². The number of carboxylic acid groups (broad SMARTS) is 1. The Kier molecular flexibility index (Phi) is 41.9. The van der Waals surface area contributed by atoms with Crippen LogP contribution in [0.25, 0.3) is 0 Å². The first-order chi connectivity index (χ1) is 29.6. The molecule has 9 nitrogen and oxygen atoms in total. The molecule has 1 N–H and O–H groups in total. The molecule has 61 heavy (non-hydrogen) atoms. The molecule has 0 rings (SSSR count). The average molecular weight is 861 g/mol. The molecular weight excluding hydrogens is 767 g/mol. The number of carboxylic acids is 1. The Hall–Kier alpha value is -2.75. The number of carbonyl (C=O) groups excluding carboxylic acids is 2. The summed E-state index contributed by atoms with van der Waals surface area (Å²) in [5.41, 5.74) is 0. The van der Waals surface area contributed by atoms with Crippen LogP contribution in [0.15, 0.2) is 48.6 Å². The number of ether oxygens (including phenoxy) is 4. The van der Waals surface area contributed by atoms with Gasteiger partial charge in [-0.3, -0.25) is 9.59 Å². The van der Waals surface area contributed by atoms with E-state index in [2.05, 4.69) is 62.5 Å². The molecule has 0 saturated heterocycles. The number of quaternary nitrogens is 1. The first-order valence-corrected chi connectivity index (χ1v) is 24.8. The minimum atomic E-state index is -1.51. The van der Waals surface area contributed by atoms with Crippen molar-refractivity contribution in [1.29, 1.82) is 0 Å². The Morgan fingerprint density at radius 1 is 0.508 bits per heavy atom. The average Bonchev–Trinajstić information content (AvgIpc) is 3.22. The fourth-order valence-electron chi connectivity index (χ4n) is 6.77. The van der Waals surface area contributed by atoms with Crippen molar-refractivity contribution >= 4 is 17.9 Å². The lowest BCUT2D eigenvalue weighted by Gasteiger charge is -2.25. The predicted molar refractivity (Wildman–Crippen MR) is 253 cm³/mol. The van der Waals surface area contributed by atoms with Gasteiger partial charge in [-0.15, -0.1) is 0 Å². The van der Waals surface area contributed by atoms with Crippen molar-refractivity contribution in [2.45, 2.75) is 219 Å². The Bertz CT molecular complexity index is 1140. The van der Waals surface area contributed by atoms with Crippen molar-refractivity contribution in [3.63, 3.8) is 0 Å². The Balaban J connectivity index is 4.17. The predicted octanol–water partition coefficient (Wildman–Crippen LogP) is 13.6. The van der Waals surface area contributed by atoms with E-state index in [0.717, 1.165) is 64.2 Å².